The molecule has 0 saturated heterocycles. The van der Waals surface area contributed by atoms with Crippen LogP contribution in [-0.4, -0.2) is 15.3 Å². The van der Waals surface area contributed by atoms with Crippen molar-refractivity contribution >= 4 is 33.6 Å². The summed E-state index contributed by atoms with van der Waals surface area (Å²) < 4.78 is 6.20. The largest absolute Gasteiger partial charge is 0.508 e. The van der Waals surface area contributed by atoms with Gasteiger partial charge in [0.05, 0.1) is 3.57 Å². The van der Waals surface area contributed by atoms with Gasteiger partial charge in [-0.3, -0.25) is 4.79 Å². The smallest absolute Gasteiger partial charge is 0.197 e. The van der Waals surface area contributed by atoms with Crippen LogP contribution in [0.2, 0.25) is 0 Å². The molecule has 21 heavy (non-hydrogen) atoms. The molecule has 0 aliphatic rings. The van der Waals surface area contributed by atoms with Crippen LogP contribution in [0, 0.1) is 3.57 Å². The summed E-state index contributed by atoms with van der Waals surface area (Å²) in [6.45, 7) is 0. The topological polar surface area (TPSA) is 90.9 Å². The fourth-order valence-corrected chi connectivity index (χ4v) is 2.57. The Kier molecular flexibility index (Phi) is 3.25. The molecule has 0 aliphatic carbocycles. The van der Waals surface area contributed by atoms with Gasteiger partial charge >= 0.3 is 0 Å². The van der Waals surface area contributed by atoms with E-state index < -0.39 is 5.43 Å². The average molecular weight is 396 g/mol. The zero-order valence-corrected chi connectivity index (χ0v) is 12.7. The second kappa shape index (κ2) is 4.96. The molecule has 0 spiro atoms. The number of aromatic hydroxyl groups is 3. The number of benzene rings is 2. The zero-order chi connectivity index (χ0) is 15.1. The second-order valence-corrected chi connectivity index (χ2v) is 5.64. The van der Waals surface area contributed by atoms with Crippen molar-refractivity contribution in [1.29, 1.82) is 0 Å². The van der Waals surface area contributed by atoms with E-state index in [1.54, 1.807) is 12.1 Å². The number of hydrogen-bond acceptors (Lipinski definition) is 5. The Bertz CT molecular complexity index is 914. The molecule has 3 aromatic rings. The highest BCUT2D eigenvalue weighted by Crippen LogP contribution is 2.32. The van der Waals surface area contributed by atoms with Crippen LogP contribution < -0.4 is 5.43 Å². The summed E-state index contributed by atoms with van der Waals surface area (Å²) in [4.78, 5) is 12.1. The number of hydrogen-bond donors (Lipinski definition) is 3. The molecule has 1 heterocycles. The highest BCUT2D eigenvalue weighted by Gasteiger charge is 2.12. The molecule has 6 heteroatoms. The summed E-state index contributed by atoms with van der Waals surface area (Å²) in [5.74, 6) is -0.0978. The van der Waals surface area contributed by atoms with E-state index in [0.717, 1.165) is 6.07 Å². The lowest BCUT2D eigenvalue weighted by Gasteiger charge is -2.06. The summed E-state index contributed by atoms with van der Waals surface area (Å²) in [6.07, 6.45) is 0. The van der Waals surface area contributed by atoms with Crippen molar-refractivity contribution < 1.29 is 19.7 Å². The van der Waals surface area contributed by atoms with E-state index in [-0.39, 0.29) is 34.0 Å². The zero-order valence-electron chi connectivity index (χ0n) is 10.5. The van der Waals surface area contributed by atoms with Crippen molar-refractivity contribution in [3.8, 4) is 28.6 Å². The number of fused-ring (bicyclic) bond motifs is 1. The Labute approximate surface area is 132 Å². The Hall–Kier alpha value is -2.22. The Morgan fingerprint density at radius 3 is 2.43 bits per heavy atom. The van der Waals surface area contributed by atoms with Gasteiger partial charge in [0.1, 0.15) is 34.0 Å². The number of phenols is 3. The van der Waals surface area contributed by atoms with Gasteiger partial charge in [-0.2, -0.15) is 0 Å². The first-order valence-electron chi connectivity index (χ1n) is 5.94. The van der Waals surface area contributed by atoms with E-state index >= 15 is 0 Å². The minimum atomic E-state index is -0.410. The van der Waals surface area contributed by atoms with Crippen LogP contribution in [0.4, 0.5) is 0 Å². The first kappa shape index (κ1) is 13.7. The number of rotatable bonds is 1. The van der Waals surface area contributed by atoms with Crippen molar-refractivity contribution in [3.05, 3.63) is 50.2 Å². The van der Waals surface area contributed by atoms with Gasteiger partial charge in [-0.25, -0.2) is 0 Å². The fourth-order valence-electron chi connectivity index (χ4n) is 2.06. The molecule has 5 nitrogen and oxygen atoms in total. The molecule has 2 aromatic carbocycles. The van der Waals surface area contributed by atoms with E-state index in [1.807, 2.05) is 22.6 Å². The Balaban J connectivity index is 2.29. The highest BCUT2D eigenvalue weighted by molar-refractivity contribution is 14.1. The summed E-state index contributed by atoms with van der Waals surface area (Å²) in [6, 6.07) is 8.41. The van der Waals surface area contributed by atoms with E-state index in [0.29, 0.717) is 9.13 Å². The lowest BCUT2D eigenvalue weighted by Crippen LogP contribution is -2.00. The van der Waals surface area contributed by atoms with Crippen LogP contribution in [0.25, 0.3) is 22.3 Å². The average Bonchev–Trinajstić information content (AvgIpc) is 2.40. The van der Waals surface area contributed by atoms with Gasteiger partial charge in [0.15, 0.2) is 5.43 Å². The van der Waals surface area contributed by atoms with Crippen LogP contribution in [0.1, 0.15) is 0 Å². The van der Waals surface area contributed by atoms with Gasteiger partial charge in [0, 0.05) is 23.8 Å². The van der Waals surface area contributed by atoms with E-state index in [2.05, 4.69) is 0 Å². The molecule has 0 unspecified atom stereocenters. The molecule has 3 rings (SSSR count). The van der Waals surface area contributed by atoms with Crippen molar-refractivity contribution in [2.75, 3.05) is 0 Å². The maximum atomic E-state index is 12.1. The van der Waals surface area contributed by atoms with Crippen LogP contribution in [-0.2, 0) is 0 Å². The molecule has 0 bridgehead atoms. The normalized spacial score (nSPS) is 10.9. The minimum Gasteiger partial charge on any atom is -0.508 e. The first-order valence-corrected chi connectivity index (χ1v) is 7.02. The lowest BCUT2D eigenvalue weighted by molar-refractivity contribution is 0.452. The standard InChI is InChI=1S/C15H9IO5/c16-9-3-7(1-2-10(9)18)13-6-12(20)15-11(19)4-8(17)5-14(15)21-13/h1-6,17-19H. The van der Waals surface area contributed by atoms with Gasteiger partial charge < -0.3 is 19.7 Å². The minimum absolute atomic E-state index is 0.0185. The molecule has 0 atom stereocenters. The third-order valence-electron chi connectivity index (χ3n) is 3.03. The van der Waals surface area contributed by atoms with Crippen LogP contribution in [0.15, 0.2) is 45.6 Å². The lowest BCUT2D eigenvalue weighted by atomic mass is 10.1. The molecule has 0 fully saturated rings. The maximum Gasteiger partial charge on any atom is 0.197 e. The molecular formula is C15H9IO5. The Morgan fingerprint density at radius 1 is 0.952 bits per heavy atom. The second-order valence-electron chi connectivity index (χ2n) is 4.48. The molecule has 0 saturated carbocycles. The van der Waals surface area contributed by atoms with Crippen molar-refractivity contribution in [1.82, 2.24) is 0 Å². The van der Waals surface area contributed by atoms with Crippen LogP contribution in [0.5, 0.6) is 17.2 Å². The summed E-state index contributed by atoms with van der Waals surface area (Å²) >= 11 is 1.96. The fraction of sp³-hybridized carbons (Fsp3) is 0. The van der Waals surface area contributed by atoms with Crippen molar-refractivity contribution in [2.45, 2.75) is 0 Å². The van der Waals surface area contributed by atoms with Gasteiger partial charge in [-0.1, -0.05) is 0 Å². The highest BCUT2D eigenvalue weighted by atomic mass is 127. The predicted molar refractivity (Wildman–Crippen MR) is 85.6 cm³/mol. The molecule has 1 aromatic heterocycles. The predicted octanol–water partition coefficient (Wildman–Crippen LogP) is 3.18. The van der Waals surface area contributed by atoms with Crippen LogP contribution >= 0.6 is 22.6 Å². The maximum absolute atomic E-state index is 12.1. The third-order valence-corrected chi connectivity index (χ3v) is 3.89. The van der Waals surface area contributed by atoms with E-state index in [1.165, 1.54) is 18.2 Å². The molecule has 3 N–H and O–H groups in total. The molecule has 0 radical (unpaired) electrons. The van der Waals surface area contributed by atoms with Crippen LogP contribution in [0.3, 0.4) is 0 Å². The first-order chi connectivity index (χ1) is 9.95. The van der Waals surface area contributed by atoms with E-state index in [9.17, 15) is 20.1 Å². The monoisotopic (exact) mass is 396 g/mol. The summed E-state index contributed by atoms with van der Waals surface area (Å²) in [5, 5.41) is 28.8. The number of phenolic OH excluding ortho intramolecular Hbond substituents is 3. The number of halogens is 1. The van der Waals surface area contributed by atoms with Gasteiger partial charge in [0.2, 0.25) is 0 Å². The Morgan fingerprint density at radius 2 is 1.71 bits per heavy atom. The van der Waals surface area contributed by atoms with Gasteiger partial charge in [0.25, 0.3) is 0 Å². The van der Waals surface area contributed by atoms with E-state index in [4.69, 9.17) is 4.42 Å². The molecular weight excluding hydrogens is 387 g/mol. The quantitative estimate of drug-likeness (QED) is 0.550. The third kappa shape index (κ3) is 2.42. The van der Waals surface area contributed by atoms with Crippen molar-refractivity contribution in [3.63, 3.8) is 0 Å². The van der Waals surface area contributed by atoms with Gasteiger partial charge in [-0.15, -0.1) is 0 Å². The molecule has 0 amide bonds. The molecule has 0 aliphatic heterocycles. The van der Waals surface area contributed by atoms with Gasteiger partial charge in [-0.05, 0) is 40.8 Å². The SMILES string of the molecule is O=c1cc(-c2ccc(O)c(I)c2)oc2cc(O)cc(O)c12. The van der Waals surface area contributed by atoms with Crippen molar-refractivity contribution in [2.24, 2.45) is 0 Å². The summed E-state index contributed by atoms with van der Waals surface area (Å²) in [5.41, 5.74) is 0.295. The summed E-state index contributed by atoms with van der Waals surface area (Å²) in [7, 11) is 0. The molecule has 106 valence electrons.